The second-order valence-corrected chi connectivity index (χ2v) is 4.05. The van der Waals surface area contributed by atoms with Crippen LogP contribution in [-0.4, -0.2) is 26.0 Å². The van der Waals surface area contributed by atoms with Crippen molar-refractivity contribution in [3.8, 4) is 0 Å². The number of nitrogens with zero attached hydrogens (tertiary/aromatic N) is 3. The molecule has 0 aliphatic heterocycles. The Morgan fingerprint density at radius 3 is 2.93 bits per heavy atom. The molecular formula is C9H16N4O. The molecule has 78 valence electrons. The first-order chi connectivity index (χ1) is 6.66. The van der Waals surface area contributed by atoms with Gasteiger partial charge in [0.2, 0.25) is 0 Å². The van der Waals surface area contributed by atoms with Crippen LogP contribution < -0.4 is 5.73 Å². The summed E-state index contributed by atoms with van der Waals surface area (Å²) in [6.45, 7) is 0. The lowest BCUT2D eigenvalue weighted by atomic mass is 10.1. The Labute approximate surface area is 82.9 Å². The normalized spacial score (nSPS) is 20.8. The van der Waals surface area contributed by atoms with Crippen LogP contribution in [0.15, 0.2) is 6.33 Å². The minimum Gasteiger partial charge on any atom is -0.391 e. The van der Waals surface area contributed by atoms with Crippen LogP contribution in [0, 0.1) is 5.92 Å². The first kappa shape index (κ1) is 9.61. The zero-order chi connectivity index (χ0) is 10.1. The summed E-state index contributed by atoms with van der Waals surface area (Å²) in [5, 5.41) is 13.9. The molecule has 1 aromatic heterocycles. The smallest absolute Gasteiger partial charge is 0.169 e. The summed E-state index contributed by atoms with van der Waals surface area (Å²) < 4.78 is 1.60. The molecule has 0 saturated heterocycles. The average Bonchev–Trinajstić information content (AvgIpc) is 2.85. The second-order valence-electron chi connectivity index (χ2n) is 4.05. The van der Waals surface area contributed by atoms with Gasteiger partial charge in [-0.2, -0.15) is 5.10 Å². The van der Waals surface area contributed by atoms with Gasteiger partial charge in [-0.05, 0) is 12.3 Å². The predicted molar refractivity (Wildman–Crippen MR) is 51.3 cm³/mol. The van der Waals surface area contributed by atoms with Gasteiger partial charge in [0.1, 0.15) is 6.33 Å². The summed E-state index contributed by atoms with van der Waals surface area (Å²) in [6.07, 6.45) is 4.31. The monoisotopic (exact) mass is 196 g/mol. The zero-order valence-electron chi connectivity index (χ0n) is 8.30. The Bertz CT molecular complexity index is 308. The van der Waals surface area contributed by atoms with Gasteiger partial charge in [0.05, 0.1) is 12.1 Å². The molecule has 14 heavy (non-hydrogen) atoms. The van der Waals surface area contributed by atoms with Crippen LogP contribution in [0.5, 0.6) is 0 Å². The topological polar surface area (TPSA) is 77.0 Å². The van der Waals surface area contributed by atoms with Crippen LogP contribution in [-0.2, 0) is 7.05 Å². The van der Waals surface area contributed by atoms with Crippen LogP contribution in [0.1, 0.15) is 31.1 Å². The molecule has 0 spiro atoms. The molecule has 1 aliphatic rings. The van der Waals surface area contributed by atoms with Gasteiger partial charge < -0.3 is 10.8 Å². The van der Waals surface area contributed by atoms with Crippen molar-refractivity contribution in [1.82, 2.24) is 14.8 Å². The lowest BCUT2D eigenvalue weighted by molar-refractivity contribution is 0.125. The van der Waals surface area contributed by atoms with Crippen molar-refractivity contribution >= 4 is 0 Å². The van der Waals surface area contributed by atoms with Gasteiger partial charge in [0.15, 0.2) is 5.82 Å². The summed E-state index contributed by atoms with van der Waals surface area (Å²) in [4.78, 5) is 4.03. The van der Waals surface area contributed by atoms with Crippen molar-refractivity contribution in [2.24, 2.45) is 18.7 Å². The van der Waals surface area contributed by atoms with Crippen molar-refractivity contribution in [3.63, 3.8) is 0 Å². The van der Waals surface area contributed by atoms with Gasteiger partial charge in [-0.25, -0.2) is 4.98 Å². The van der Waals surface area contributed by atoms with E-state index >= 15 is 0 Å². The third kappa shape index (κ3) is 2.10. The molecular weight excluding hydrogens is 180 g/mol. The Morgan fingerprint density at radius 2 is 2.43 bits per heavy atom. The Morgan fingerprint density at radius 1 is 1.71 bits per heavy atom. The maximum Gasteiger partial charge on any atom is 0.169 e. The maximum atomic E-state index is 9.78. The Kier molecular flexibility index (Phi) is 2.52. The summed E-state index contributed by atoms with van der Waals surface area (Å²) >= 11 is 0. The fourth-order valence-corrected chi connectivity index (χ4v) is 1.52. The van der Waals surface area contributed by atoms with E-state index in [9.17, 15) is 5.11 Å². The molecule has 3 N–H and O–H groups in total. The highest BCUT2D eigenvalue weighted by atomic mass is 16.3. The number of hydrogen-bond donors (Lipinski definition) is 2. The number of nitrogens with two attached hydrogens (primary N) is 1. The van der Waals surface area contributed by atoms with Gasteiger partial charge in [-0.1, -0.05) is 12.8 Å². The number of aryl methyl sites for hydroxylation is 1. The van der Waals surface area contributed by atoms with Gasteiger partial charge in [0.25, 0.3) is 0 Å². The van der Waals surface area contributed by atoms with Gasteiger partial charge in [-0.3, -0.25) is 4.68 Å². The van der Waals surface area contributed by atoms with Crippen LogP contribution in [0.25, 0.3) is 0 Å². The molecule has 0 amide bonds. The molecule has 2 atom stereocenters. The van der Waals surface area contributed by atoms with Crippen molar-refractivity contribution in [2.75, 3.05) is 0 Å². The summed E-state index contributed by atoms with van der Waals surface area (Å²) in [7, 11) is 1.79. The van der Waals surface area contributed by atoms with E-state index in [0.29, 0.717) is 11.7 Å². The largest absolute Gasteiger partial charge is 0.391 e. The molecule has 5 heteroatoms. The number of aliphatic hydroxyl groups is 1. The van der Waals surface area contributed by atoms with E-state index < -0.39 is 12.1 Å². The van der Waals surface area contributed by atoms with E-state index in [0.717, 1.165) is 6.42 Å². The summed E-state index contributed by atoms with van der Waals surface area (Å²) in [6, 6.07) is -0.447. The first-order valence-electron chi connectivity index (χ1n) is 4.96. The lowest BCUT2D eigenvalue weighted by Gasteiger charge is -2.15. The van der Waals surface area contributed by atoms with Crippen LogP contribution >= 0.6 is 0 Å². The van der Waals surface area contributed by atoms with E-state index in [1.54, 1.807) is 18.1 Å². The van der Waals surface area contributed by atoms with E-state index in [1.807, 2.05) is 0 Å². The third-order valence-electron chi connectivity index (χ3n) is 2.60. The fourth-order valence-electron chi connectivity index (χ4n) is 1.52. The van der Waals surface area contributed by atoms with Crippen LogP contribution in [0.4, 0.5) is 0 Å². The fraction of sp³-hybridized carbons (Fsp3) is 0.778. The van der Waals surface area contributed by atoms with Gasteiger partial charge in [0, 0.05) is 7.05 Å². The maximum absolute atomic E-state index is 9.78. The number of aliphatic hydroxyl groups excluding tert-OH is 1. The van der Waals surface area contributed by atoms with Crippen molar-refractivity contribution < 1.29 is 5.11 Å². The predicted octanol–water partition coefficient (Wildman–Crippen LogP) is -0.0241. The quantitative estimate of drug-likeness (QED) is 0.709. The van der Waals surface area contributed by atoms with Crippen molar-refractivity contribution in [3.05, 3.63) is 12.2 Å². The molecule has 0 radical (unpaired) electrons. The highest BCUT2D eigenvalue weighted by molar-refractivity contribution is 4.95. The van der Waals surface area contributed by atoms with E-state index in [4.69, 9.17) is 5.73 Å². The molecule has 1 aromatic rings. The van der Waals surface area contributed by atoms with Crippen LogP contribution in [0.2, 0.25) is 0 Å². The molecule has 0 aromatic carbocycles. The minimum atomic E-state index is -0.509. The molecule has 0 bridgehead atoms. The number of rotatable bonds is 4. The molecule has 1 saturated carbocycles. The second kappa shape index (κ2) is 3.67. The standard InChI is InChI=1S/C9H16N4O/c1-13-5-11-9(12-13)8(10)7(14)4-6-2-3-6/h5-8,14H,2-4,10H2,1H3. The third-order valence-corrected chi connectivity index (χ3v) is 2.60. The number of aromatic nitrogens is 3. The molecule has 1 heterocycles. The molecule has 1 aliphatic carbocycles. The summed E-state index contributed by atoms with van der Waals surface area (Å²) in [5.41, 5.74) is 5.84. The van der Waals surface area contributed by atoms with Gasteiger partial charge >= 0.3 is 0 Å². The van der Waals surface area contributed by atoms with Crippen molar-refractivity contribution in [1.29, 1.82) is 0 Å². The highest BCUT2D eigenvalue weighted by Crippen LogP contribution is 2.35. The lowest BCUT2D eigenvalue weighted by Crippen LogP contribution is -2.27. The number of hydrogen-bond acceptors (Lipinski definition) is 4. The van der Waals surface area contributed by atoms with E-state index in [1.165, 1.54) is 12.8 Å². The average molecular weight is 196 g/mol. The van der Waals surface area contributed by atoms with Gasteiger partial charge in [-0.15, -0.1) is 0 Å². The Balaban J connectivity index is 1.95. The van der Waals surface area contributed by atoms with Crippen LogP contribution in [0.3, 0.4) is 0 Å². The highest BCUT2D eigenvalue weighted by Gasteiger charge is 2.29. The Hall–Kier alpha value is -0.940. The summed E-state index contributed by atoms with van der Waals surface area (Å²) in [5.74, 6) is 1.19. The molecule has 2 rings (SSSR count). The molecule has 5 nitrogen and oxygen atoms in total. The van der Waals surface area contributed by atoms with Crippen molar-refractivity contribution in [2.45, 2.75) is 31.4 Å². The van der Waals surface area contributed by atoms with E-state index in [2.05, 4.69) is 10.1 Å². The van der Waals surface area contributed by atoms with E-state index in [-0.39, 0.29) is 0 Å². The zero-order valence-corrected chi connectivity index (χ0v) is 8.30. The SMILES string of the molecule is Cn1cnc(C(N)C(O)CC2CC2)n1. The first-order valence-corrected chi connectivity index (χ1v) is 4.96. The molecule has 1 fully saturated rings. The molecule has 2 unspecified atom stereocenters. The minimum absolute atomic E-state index is 0.447.